The number of rotatable bonds is 6. The smallest absolute Gasteiger partial charge is 0.244 e. The molecule has 0 spiro atoms. The summed E-state index contributed by atoms with van der Waals surface area (Å²) >= 11 is 0. The minimum Gasteiger partial charge on any atom is -0.486 e. The molecule has 0 saturated heterocycles. The van der Waals surface area contributed by atoms with Crippen molar-refractivity contribution in [1.29, 1.82) is 0 Å². The van der Waals surface area contributed by atoms with Gasteiger partial charge in [0.1, 0.15) is 13.2 Å². The molecule has 0 bridgehead atoms. The summed E-state index contributed by atoms with van der Waals surface area (Å²) in [5, 5.41) is 8.99. The topological polar surface area (TPSA) is 89.0 Å². The molecule has 7 nitrogen and oxygen atoms in total. The van der Waals surface area contributed by atoms with Gasteiger partial charge < -0.3 is 14.8 Å². The standard InChI is InChI=1S/C24H23N3O4/c1-16(13-23(28)25-19-9-10-21-22(15-19)31-12-11-30-21)26-27-24(29)14-18-7-4-6-17-5-2-3-8-20(17)18/h2-10,15H,11-14H2,1H3,(H,25,28)(H,27,29)/b26-16-. The van der Waals surface area contributed by atoms with Crippen molar-refractivity contribution in [1.82, 2.24) is 5.43 Å². The number of hydrogen-bond donors (Lipinski definition) is 2. The first-order valence-electron chi connectivity index (χ1n) is 10.1. The quantitative estimate of drug-likeness (QED) is 0.473. The Hall–Kier alpha value is -3.87. The maximum Gasteiger partial charge on any atom is 0.244 e. The fraction of sp³-hybridized carbons (Fsp3) is 0.208. The molecular formula is C24H23N3O4. The highest BCUT2D eigenvalue weighted by molar-refractivity contribution is 6.05. The molecule has 0 radical (unpaired) electrons. The summed E-state index contributed by atoms with van der Waals surface area (Å²) in [4.78, 5) is 24.6. The van der Waals surface area contributed by atoms with Gasteiger partial charge in [0.15, 0.2) is 11.5 Å². The zero-order chi connectivity index (χ0) is 21.6. The summed E-state index contributed by atoms with van der Waals surface area (Å²) in [6.45, 7) is 2.69. The van der Waals surface area contributed by atoms with E-state index >= 15 is 0 Å². The molecule has 0 aliphatic carbocycles. The lowest BCUT2D eigenvalue weighted by molar-refractivity contribution is -0.120. The van der Waals surface area contributed by atoms with Gasteiger partial charge in [-0.15, -0.1) is 0 Å². The van der Waals surface area contributed by atoms with E-state index in [9.17, 15) is 9.59 Å². The van der Waals surface area contributed by atoms with Crippen molar-refractivity contribution in [2.45, 2.75) is 19.8 Å². The Balaban J connectivity index is 1.31. The molecule has 0 fully saturated rings. The Morgan fingerprint density at radius 3 is 2.58 bits per heavy atom. The first-order valence-corrected chi connectivity index (χ1v) is 10.1. The monoisotopic (exact) mass is 417 g/mol. The molecule has 2 amide bonds. The highest BCUT2D eigenvalue weighted by Gasteiger charge is 2.13. The molecule has 4 rings (SSSR count). The second kappa shape index (κ2) is 9.30. The Kier molecular flexibility index (Phi) is 6.12. The molecule has 1 aliphatic heterocycles. The highest BCUT2D eigenvalue weighted by atomic mass is 16.6. The van der Waals surface area contributed by atoms with Crippen LogP contribution >= 0.6 is 0 Å². The third kappa shape index (κ3) is 5.19. The van der Waals surface area contributed by atoms with Crippen LogP contribution in [0.25, 0.3) is 10.8 Å². The molecule has 1 aliphatic rings. The summed E-state index contributed by atoms with van der Waals surface area (Å²) in [7, 11) is 0. The van der Waals surface area contributed by atoms with E-state index in [0.29, 0.717) is 36.1 Å². The molecule has 2 N–H and O–H groups in total. The first kappa shape index (κ1) is 20.4. The minimum atomic E-state index is -0.235. The van der Waals surface area contributed by atoms with Gasteiger partial charge in [-0.2, -0.15) is 5.10 Å². The molecular weight excluding hydrogens is 394 g/mol. The van der Waals surface area contributed by atoms with Crippen LogP contribution < -0.4 is 20.2 Å². The van der Waals surface area contributed by atoms with E-state index in [2.05, 4.69) is 15.8 Å². The summed E-state index contributed by atoms with van der Waals surface area (Å²) < 4.78 is 11.0. The summed E-state index contributed by atoms with van der Waals surface area (Å²) in [6, 6.07) is 19.0. The lowest BCUT2D eigenvalue weighted by Gasteiger charge is -2.19. The van der Waals surface area contributed by atoms with E-state index in [4.69, 9.17) is 9.47 Å². The van der Waals surface area contributed by atoms with Crippen molar-refractivity contribution < 1.29 is 19.1 Å². The van der Waals surface area contributed by atoms with Crippen LogP contribution in [0.4, 0.5) is 5.69 Å². The Bertz CT molecular complexity index is 1150. The molecule has 3 aromatic carbocycles. The van der Waals surface area contributed by atoms with Gasteiger partial charge in [0.2, 0.25) is 11.8 Å². The number of benzene rings is 3. The van der Waals surface area contributed by atoms with Crippen molar-refractivity contribution in [2.24, 2.45) is 5.10 Å². The molecule has 31 heavy (non-hydrogen) atoms. The van der Waals surface area contributed by atoms with E-state index in [1.807, 2.05) is 42.5 Å². The number of hydrazone groups is 1. The van der Waals surface area contributed by atoms with Crippen LogP contribution in [0.1, 0.15) is 18.9 Å². The van der Waals surface area contributed by atoms with Crippen LogP contribution in [0.2, 0.25) is 0 Å². The maximum atomic E-state index is 12.3. The lowest BCUT2D eigenvalue weighted by Crippen LogP contribution is -2.23. The Morgan fingerprint density at radius 2 is 1.71 bits per heavy atom. The molecule has 158 valence electrons. The van der Waals surface area contributed by atoms with Gasteiger partial charge >= 0.3 is 0 Å². The van der Waals surface area contributed by atoms with Gasteiger partial charge in [-0.3, -0.25) is 9.59 Å². The normalized spacial score (nSPS) is 13.0. The fourth-order valence-corrected chi connectivity index (χ4v) is 3.42. The van der Waals surface area contributed by atoms with Gasteiger partial charge in [0, 0.05) is 17.5 Å². The van der Waals surface area contributed by atoms with Gasteiger partial charge in [0.25, 0.3) is 0 Å². The molecule has 0 aromatic heterocycles. The number of hydrogen-bond acceptors (Lipinski definition) is 5. The molecule has 0 unspecified atom stereocenters. The van der Waals surface area contributed by atoms with Crippen molar-refractivity contribution in [3.63, 3.8) is 0 Å². The predicted octanol–water partition coefficient (Wildman–Crippen LogP) is 3.67. The van der Waals surface area contributed by atoms with Crippen molar-refractivity contribution in [2.75, 3.05) is 18.5 Å². The van der Waals surface area contributed by atoms with E-state index in [1.165, 1.54) is 0 Å². The molecule has 0 atom stereocenters. The van der Waals surface area contributed by atoms with Crippen LogP contribution in [0, 0.1) is 0 Å². The SMILES string of the molecule is C/C(CC(=O)Nc1ccc2c(c1)OCCO2)=N/NC(=O)Cc1cccc2ccccc12. The van der Waals surface area contributed by atoms with Crippen LogP contribution in [0.5, 0.6) is 11.5 Å². The average Bonchev–Trinajstić information content (AvgIpc) is 2.78. The number of ether oxygens (including phenoxy) is 2. The zero-order valence-corrected chi connectivity index (χ0v) is 17.2. The fourth-order valence-electron chi connectivity index (χ4n) is 3.42. The van der Waals surface area contributed by atoms with Crippen molar-refractivity contribution >= 4 is 34.0 Å². The number of carbonyl (C=O) groups excluding carboxylic acids is 2. The second-order valence-corrected chi connectivity index (χ2v) is 7.28. The second-order valence-electron chi connectivity index (χ2n) is 7.28. The summed E-state index contributed by atoms with van der Waals surface area (Å²) in [5.41, 5.74) is 4.58. The van der Waals surface area contributed by atoms with Crippen LogP contribution in [0.3, 0.4) is 0 Å². The summed E-state index contributed by atoms with van der Waals surface area (Å²) in [6.07, 6.45) is 0.268. The van der Waals surface area contributed by atoms with Crippen LogP contribution in [-0.4, -0.2) is 30.7 Å². The lowest BCUT2D eigenvalue weighted by atomic mass is 10.0. The molecule has 3 aromatic rings. The van der Waals surface area contributed by atoms with E-state index < -0.39 is 0 Å². The van der Waals surface area contributed by atoms with E-state index in [0.717, 1.165) is 16.3 Å². The van der Waals surface area contributed by atoms with Crippen LogP contribution in [0.15, 0.2) is 65.8 Å². The minimum absolute atomic E-state index is 0.0585. The molecule has 1 heterocycles. The number of carbonyl (C=O) groups is 2. The Morgan fingerprint density at radius 1 is 0.935 bits per heavy atom. The number of fused-ring (bicyclic) bond motifs is 2. The zero-order valence-electron chi connectivity index (χ0n) is 17.2. The predicted molar refractivity (Wildman–Crippen MR) is 120 cm³/mol. The van der Waals surface area contributed by atoms with E-state index in [1.54, 1.807) is 25.1 Å². The largest absolute Gasteiger partial charge is 0.486 e. The maximum absolute atomic E-state index is 12.3. The molecule has 0 saturated carbocycles. The van der Waals surface area contributed by atoms with Gasteiger partial charge in [-0.05, 0) is 35.4 Å². The van der Waals surface area contributed by atoms with E-state index in [-0.39, 0.29) is 24.7 Å². The number of anilines is 1. The third-order valence-electron chi connectivity index (χ3n) is 4.84. The first-order chi connectivity index (χ1) is 15.1. The van der Waals surface area contributed by atoms with Gasteiger partial charge in [-0.1, -0.05) is 42.5 Å². The number of nitrogens with zero attached hydrogens (tertiary/aromatic N) is 1. The average molecular weight is 417 g/mol. The summed E-state index contributed by atoms with van der Waals surface area (Å²) in [5.74, 6) is 0.801. The van der Waals surface area contributed by atoms with Crippen molar-refractivity contribution in [3.8, 4) is 11.5 Å². The highest BCUT2D eigenvalue weighted by Crippen LogP contribution is 2.32. The van der Waals surface area contributed by atoms with Gasteiger partial charge in [0.05, 0.1) is 12.8 Å². The van der Waals surface area contributed by atoms with Crippen molar-refractivity contribution in [3.05, 3.63) is 66.2 Å². The third-order valence-corrected chi connectivity index (χ3v) is 4.84. The number of nitrogens with one attached hydrogen (secondary N) is 2. The number of amides is 2. The Labute approximate surface area is 180 Å². The molecule has 7 heteroatoms. The van der Waals surface area contributed by atoms with Crippen LogP contribution in [-0.2, 0) is 16.0 Å². The van der Waals surface area contributed by atoms with Gasteiger partial charge in [-0.25, -0.2) is 5.43 Å².